The van der Waals surface area contributed by atoms with Gasteiger partial charge >= 0.3 is 0 Å². The highest BCUT2D eigenvalue weighted by Crippen LogP contribution is 2.34. The van der Waals surface area contributed by atoms with Crippen LogP contribution in [0.3, 0.4) is 0 Å². The molecule has 1 aliphatic rings. The smallest absolute Gasteiger partial charge is 0.164 e. The quantitative estimate of drug-likeness (QED) is 0.742. The average Bonchev–Trinajstić information content (AvgIpc) is 2.73. The van der Waals surface area contributed by atoms with Gasteiger partial charge in [-0.2, -0.15) is 0 Å². The van der Waals surface area contributed by atoms with Gasteiger partial charge in [0.15, 0.2) is 11.6 Å². The Morgan fingerprint density at radius 2 is 2.36 bits per heavy atom. The molecule has 2 rings (SSSR count). The lowest BCUT2D eigenvalue weighted by molar-refractivity contribution is 0.00669. The summed E-state index contributed by atoms with van der Waals surface area (Å²) < 4.78 is 7.47. The first-order chi connectivity index (χ1) is 6.67. The summed E-state index contributed by atoms with van der Waals surface area (Å²) in [5, 5.41) is 17.0. The highest BCUT2D eigenvalue weighted by Gasteiger charge is 2.36. The summed E-state index contributed by atoms with van der Waals surface area (Å²) in [7, 11) is 1.85. The second-order valence-electron chi connectivity index (χ2n) is 3.84. The van der Waals surface area contributed by atoms with E-state index >= 15 is 0 Å². The van der Waals surface area contributed by atoms with Crippen molar-refractivity contribution in [2.45, 2.75) is 32.0 Å². The van der Waals surface area contributed by atoms with E-state index in [0.717, 1.165) is 25.3 Å². The van der Waals surface area contributed by atoms with Crippen molar-refractivity contribution in [2.24, 2.45) is 7.05 Å². The van der Waals surface area contributed by atoms with Crippen LogP contribution in [0.5, 0.6) is 0 Å². The predicted octanol–water partition coefficient (Wildman–Crippen LogP) is 0.333. The maximum atomic E-state index is 8.99. The number of aliphatic hydroxyl groups is 1. The van der Waals surface area contributed by atoms with Crippen molar-refractivity contribution in [1.29, 1.82) is 0 Å². The maximum absolute atomic E-state index is 8.99. The van der Waals surface area contributed by atoms with E-state index in [-0.39, 0.29) is 12.2 Å². The Labute approximate surface area is 82.7 Å². The van der Waals surface area contributed by atoms with Gasteiger partial charge in [0, 0.05) is 13.7 Å². The van der Waals surface area contributed by atoms with Crippen LogP contribution in [0.25, 0.3) is 0 Å². The van der Waals surface area contributed by atoms with Crippen molar-refractivity contribution >= 4 is 0 Å². The highest BCUT2D eigenvalue weighted by molar-refractivity contribution is 5.05. The number of nitrogens with zero attached hydrogens (tertiary/aromatic N) is 3. The fraction of sp³-hybridized carbons (Fsp3) is 0.778. The molecule has 0 spiro atoms. The molecule has 2 heterocycles. The Balaban J connectivity index is 2.35. The summed E-state index contributed by atoms with van der Waals surface area (Å²) in [4.78, 5) is 0. The molecule has 1 saturated heterocycles. The van der Waals surface area contributed by atoms with E-state index in [0.29, 0.717) is 5.82 Å². The topological polar surface area (TPSA) is 60.2 Å². The minimum atomic E-state index is -0.324. The van der Waals surface area contributed by atoms with Gasteiger partial charge in [-0.15, -0.1) is 10.2 Å². The van der Waals surface area contributed by atoms with Gasteiger partial charge in [0.1, 0.15) is 12.2 Å². The van der Waals surface area contributed by atoms with Crippen molar-refractivity contribution < 1.29 is 9.84 Å². The van der Waals surface area contributed by atoms with Crippen LogP contribution in [-0.4, -0.2) is 26.5 Å². The Bertz CT molecular complexity index is 329. The molecule has 5 nitrogen and oxygen atoms in total. The first-order valence-electron chi connectivity index (χ1n) is 4.81. The molecule has 1 N–H and O–H groups in total. The molecule has 0 aromatic carbocycles. The molecular formula is C9H15N3O2. The monoisotopic (exact) mass is 197 g/mol. The number of ether oxygens (including phenoxy) is 1. The second kappa shape index (κ2) is 3.33. The molecule has 1 atom stereocenters. The van der Waals surface area contributed by atoms with Gasteiger partial charge < -0.3 is 14.4 Å². The SMILES string of the molecule is Cn1c(CO)nnc1C1(C)CCCO1. The summed E-state index contributed by atoms with van der Waals surface area (Å²) >= 11 is 0. The standard InChI is InChI=1S/C9H15N3O2/c1-9(4-3-5-14-9)8-11-10-7(6-13)12(8)2/h13H,3-6H2,1-2H3. The summed E-state index contributed by atoms with van der Waals surface area (Å²) in [6, 6.07) is 0. The van der Waals surface area contributed by atoms with E-state index in [1.54, 1.807) is 0 Å². The maximum Gasteiger partial charge on any atom is 0.164 e. The van der Waals surface area contributed by atoms with E-state index in [9.17, 15) is 0 Å². The molecule has 0 aliphatic carbocycles. The Morgan fingerprint density at radius 1 is 1.57 bits per heavy atom. The molecule has 0 amide bonds. The van der Waals surface area contributed by atoms with Crippen LogP contribution in [0.15, 0.2) is 0 Å². The summed E-state index contributed by atoms with van der Waals surface area (Å²) in [6.45, 7) is 2.71. The van der Waals surface area contributed by atoms with E-state index in [4.69, 9.17) is 9.84 Å². The predicted molar refractivity (Wildman–Crippen MR) is 49.5 cm³/mol. The summed E-state index contributed by atoms with van der Waals surface area (Å²) in [5.41, 5.74) is -0.324. The van der Waals surface area contributed by atoms with Crippen LogP contribution >= 0.6 is 0 Å². The van der Waals surface area contributed by atoms with Gasteiger partial charge in [0.2, 0.25) is 0 Å². The first kappa shape index (κ1) is 9.61. The van der Waals surface area contributed by atoms with Crippen LogP contribution in [-0.2, 0) is 24.0 Å². The molecule has 1 fully saturated rings. The van der Waals surface area contributed by atoms with Crippen LogP contribution in [0, 0.1) is 0 Å². The highest BCUT2D eigenvalue weighted by atomic mass is 16.5. The molecule has 1 aromatic heterocycles. The summed E-state index contributed by atoms with van der Waals surface area (Å²) in [5.74, 6) is 1.38. The Kier molecular flexibility index (Phi) is 2.28. The largest absolute Gasteiger partial charge is 0.388 e. The molecule has 1 aliphatic heterocycles. The molecule has 0 radical (unpaired) electrons. The zero-order valence-electron chi connectivity index (χ0n) is 8.53. The van der Waals surface area contributed by atoms with Crippen LogP contribution in [0.2, 0.25) is 0 Å². The van der Waals surface area contributed by atoms with Crippen LogP contribution < -0.4 is 0 Å². The normalized spacial score (nSPS) is 27.1. The second-order valence-corrected chi connectivity index (χ2v) is 3.84. The van der Waals surface area contributed by atoms with Gasteiger partial charge in [-0.25, -0.2) is 0 Å². The Morgan fingerprint density at radius 3 is 2.86 bits per heavy atom. The number of aliphatic hydroxyl groups excluding tert-OH is 1. The van der Waals surface area contributed by atoms with Gasteiger partial charge in [0.25, 0.3) is 0 Å². The van der Waals surface area contributed by atoms with Crippen LogP contribution in [0.1, 0.15) is 31.4 Å². The first-order valence-corrected chi connectivity index (χ1v) is 4.81. The average molecular weight is 197 g/mol. The minimum absolute atomic E-state index is 0.0838. The Hall–Kier alpha value is -0.940. The molecule has 5 heteroatoms. The molecule has 1 aromatic rings. The third-order valence-electron chi connectivity index (χ3n) is 2.80. The molecule has 78 valence electrons. The van der Waals surface area contributed by atoms with Gasteiger partial charge in [-0.3, -0.25) is 0 Å². The third-order valence-corrected chi connectivity index (χ3v) is 2.80. The van der Waals surface area contributed by atoms with Crippen LogP contribution in [0.4, 0.5) is 0 Å². The fourth-order valence-electron chi connectivity index (χ4n) is 1.92. The lowest BCUT2D eigenvalue weighted by atomic mass is 10.0. The summed E-state index contributed by atoms with van der Waals surface area (Å²) in [6.07, 6.45) is 2.02. The van der Waals surface area contributed by atoms with Crippen molar-refractivity contribution in [2.75, 3.05) is 6.61 Å². The van der Waals surface area contributed by atoms with Crippen molar-refractivity contribution in [1.82, 2.24) is 14.8 Å². The fourth-order valence-corrected chi connectivity index (χ4v) is 1.92. The van der Waals surface area contributed by atoms with Crippen molar-refractivity contribution in [3.8, 4) is 0 Å². The minimum Gasteiger partial charge on any atom is -0.388 e. The molecule has 0 saturated carbocycles. The van der Waals surface area contributed by atoms with E-state index < -0.39 is 0 Å². The zero-order chi connectivity index (χ0) is 10.2. The van der Waals surface area contributed by atoms with Gasteiger partial charge in [0.05, 0.1) is 0 Å². The van der Waals surface area contributed by atoms with E-state index in [2.05, 4.69) is 10.2 Å². The molecule has 1 unspecified atom stereocenters. The number of rotatable bonds is 2. The lowest BCUT2D eigenvalue weighted by Gasteiger charge is -2.21. The molecule has 0 bridgehead atoms. The van der Waals surface area contributed by atoms with Crippen molar-refractivity contribution in [3.63, 3.8) is 0 Å². The molecule has 14 heavy (non-hydrogen) atoms. The lowest BCUT2D eigenvalue weighted by Crippen LogP contribution is -2.25. The molecular weight excluding hydrogens is 182 g/mol. The van der Waals surface area contributed by atoms with E-state index in [1.165, 1.54) is 0 Å². The van der Waals surface area contributed by atoms with Crippen molar-refractivity contribution in [3.05, 3.63) is 11.6 Å². The van der Waals surface area contributed by atoms with Gasteiger partial charge in [-0.05, 0) is 19.8 Å². The number of hydrogen-bond donors (Lipinski definition) is 1. The zero-order valence-corrected chi connectivity index (χ0v) is 8.53. The number of aromatic nitrogens is 3. The van der Waals surface area contributed by atoms with Gasteiger partial charge in [-0.1, -0.05) is 0 Å². The van der Waals surface area contributed by atoms with E-state index in [1.807, 2.05) is 18.5 Å². The third kappa shape index (κ3) is 1.33. The number of hydrogen-bond acceptors (Lipinski definition) is 4.